The van der Waals surface area contributed by atoms with Crippen LogP contribution >= 0.6 is 0 Å². The normalized spacial score (nSPS) is 16.3. The van der Waals surface area contributed by atoms with E-state index >= 15 is 0 Å². The summed E-state index contributed by atoms with van der Waals surface area (Å²) in [6, 6.07) is 15.2. The van der Waals surface area contributed by atoms with Crippen LogP contribution in [-0.2, 0) is 6.54 Å². The minimum absolute atomic E-state index is 0.507. The van der Waals surface area contributed by atoms with Crippen LogP contribution in [0.15, 0.2) is 47.5 Å². The first kappa shape index (κ1) is 13.9. The predicted molar refractivity (Wildman–Crippen MR) is 87.8 cm³/mol. The molecular formula is C17H22N4. The van der Waals surface area contributed by atoms with E-state index in [1.807, 2.05) is 0 Å². The molecule has 0 amide bonds. The molecule has 1 fully saturated rings. The maximum atomic E-state index is 5.58. The number of hydrogen-bond acceptors (Lipinski definition) is 2. The molecule has 1 saturated carbocycles. The van der Waals surface area contributed by atoms with Crippen molar-refractivity contribution < 1.29 is 0 Å². The topological polar surface area (TPSA) is 62.4 Å². The van der Waals surface area contributed by atoms with E-state index in [4.69, 9.17) is 5.84 Å². The largest absolute Gasteiger partial charge is 0.353 e. The van der Waals surface area contributed by atoms with Crippen LogP contribution in [0.1, 0.15) is 31.2 Å². The van der Waals surface area contributed by atoms with Crippen molar-refractivity contribution in [3.05, 3.63) is 48.0 Å². The average Bonchev–Trinajstić information content (AvgIpc) is 3.04. The number of nitrogens with one attached hydrogen (secondary N) is 2. The van der Waals surface area contributed by atoms with Gasteiger partial charge >= 0.3 is 0 Å². The SMILES string of the molecule is NNC(=NCc1cccc2ccccc12)NC1CCCC1. The second-order valence-corrected chi connectivity index (χ2v) is 5.57. The van der Waals surface area contributed by atoms with Crippen LogP contribution in [-0.4, -0.2) is 12.0 Å². The van der Waals surface area contributed by atoms with Gasteiger partial charge in [0.25, 0.3) is 0 Å². The number of hydrazine groups is 1. The van der Waals surface area contributed by atoms with Gasteiger partial charge in [-0.1, -0.05) is 55.3 Å². The predicted octanol–water partition coefficient (Wildman–Crippen LogP) is 2.69. The number of fused-ring (bicyclic) bond motifs is 1. The molecule has 110 valence electrons. The highest BCUT2D eigenvalue weighted by Gasteiger charge is 2.15. The molecule has 1 aliphatic carbocycles. The minimum Gasteiger partial charge on any atom is -0.353 e. The van der Waals surface area contributed by atoms with Gasteiger partial charge in [0.2, 0.25) is 5.96 Å². The Bertz CT molecular complexity index is 624. The zero-order chi connectivity index (χ0) is 14.5. The van der Waals surface area contributed by atoms with Gasteiger partial charge < -0.3 is 5.32 Å². The Balaban J connectivity index is 1.75. The standard InChI is InChI=1S/C17H22N4/c18-21-17(20-15-9-2-3-10-15)19-12-14-8-5-7-13-6-1-4-11-16(13)14/h1,4-8,11,15H,2-3,9-10,12,18H2,(H2,19,20,21). The van der Waals surface area contributed by atoms with Crippen LogP contribution in [0.2, 0.25) is 0 Å². The lowest BCUT2D eigenvalue weighted by Gasteiger charge is -2.15. The first-order valence-corrected chi connectivity index (χ1v) is 7.61. The number of nitrogens with two attached hydrogens (primary N) is 1. The van der Waals surface area contributed by atoms with Gasteiger partial charge in [-0.3, -0.25) is 5.43 Å². The summed E-state index contributed by atoms with van der Waals surface area (Å²) < 4.78 is 0. The molecule has 4 nitrogen and oxygen atoms in total. The number of aliphatic imine (C=N–C) groups is 1. The molecule has 0 aliphatic heterocycles. The molecule has 4 N–H and O–H groups in total. The Morgan fingerprint density at radius 1 is 1.10 bits per heavy atom. The summed E-state index contributed by atoms with van der Waals surface area (Å²) in [6.07, 6.45) is 4.99. The van der Waals surface area contributed by atoms with Gasteiger partial charge in [0.15, 0.2) is 0 Å². The Hall–Kier alpha value is -2.07. The average molecular weight is 282 g/mol. The molecule has 1 aliphatic rings. The first-order valence-electron chi connectivity index (χ1n) is 7.61. The van der Waals surface area contributed by atoms with E-state index in [9.17, 15) is 0 Å². The summed E-state index contributed by atoms with van der Waals surface area (Å²) in [5, 5.41) is 5.90. The highest BCUT2D eigenvalue weighted by Crippen LogP contribution is 2.19. The second-order valence-electron chi connectivity index (χ2n) is 5.57. The minimum atomic E-state index is 0.507. The first-order chi connectivity index (χ1) is 10.4. The number of hydrogen-bond donors (Lipinski definition) is 3. The van der Waals surface area contributed by atoms with Crippen LogP contribution in [0.5, 0.6) is 0 Å². The fourth-order valence-electron chi connectivity index (χ4n) is 2.99. The molecule has 0 saturated heterocycles. The molecule has 0 bridgehead atoms. The molecule has 0 unspecified atom stereocenters. The third-order valence-electron chi connectivity index (χ3n) is 4.12. The van der Waals surface area contributed by atoms with Gasteiger partial charge in [0.1, 0.15) is 0 Å². The van der Waals surface area contributed by atoms with Crippen LogP contribution < -0.4 is 16.6 Å². The van der Waals surface area contributed by atoms with Crippen molar-refractivity contribution in [3.8, 4) is 0 Å². The molecule has 0 radical (unpaired) electrons. The molecule has 0 atom stereocenters. The van der Waals surface area contributed by atoms with E-state index in [2.05, 4.69) is 58.2 Å². The van der Waals surface area contributed by atoms with Gasteiger partial charge in [-0.2, -0.15) is 0 Å². The van der Waals surface area contributed by atoms with E-state index < -0.39 is 0 Å². The van der Waals surface area contributed by atoms with Gasteiger partial charge in [-0.05, 0) is 29.2 Å². The Labute approximate surface area is 125 Å². The van der Waals surface area contributed by atoms with Gasteiger partial charge in [-0.25, -0.2) is 10.8 Å². The summed E-state index contributed by atoms with van der Waals surface area (Å²) in [7, 11) is 0. The fraction of sp³-hybridized carbons (Fsp3) is 0.353. The lowest BCUT2D eigenvalue weighted by molar-refractivity contribution is 0.614. The van der Waals surface area contributed by atoms with Crippen molar-refractivity contribution in [2.24, 2.45) is 10.8 Å². The lowest BCUT2D eigenvalue weighted by Crippen LogP contribution is -2.45. The van der Waals surface area contributed by atoms with Crippen molar-refractivity contribution >= 4 is 16.7 Å². The number of rotatable bonds is 3. The molecule has 0 aromatic heterocycles. The van der Waals surface area contributed by atoms with Gasteiger partial charge in [0, 0.05) is 6.04 Å². The van der Waals surface area contributed by atoms with Crippen molar-refractivity contribution in [2.75, 3.05) is 0 Å². The van der Waals surface area contributed by atoms with E-state index in [0.717, 1.165) is 0 Å². The zero-order valence-corrected chi connectivity index (χ0v) is 12.2. The highest BCUT2D eigenvalue weighted by molar-refractivity contribution is 5.86. The molecule has 4 heteroatoms. The Morgan fingerprint density at radius 2 is 1.86 bits per heavy atom. The van der Waals surface area contributed by atoms with Crippen molar-refractivity contribution in [1.29, 1.82) is 0 Å². The molecular weight excluding hydrogens is 260 g/mol. The second kappa shape index (κ2) is 6.59. The van der Waals surface area contributed by atoms with E-state index in [1.54, 1.807) is 0 Å². The van der Waals surface area contributed by atoms with Crippen LogP contribution in [0.25, 0.3) is 10.8 Å². The van der Waals surface area contributed by atoms with Crippen LogP contribution in [0.4, 0.5) is 0 Å². The third-order valence-corrected chi connectivity index (χ3v) is 4.12. The molecule has 21 heavy (non-hydrogen) atoms. The quantitative estimate of drug-likeness (QED) is 0.351. The molecule has 3 rings (SSSR count). The van der Waals surface area contributed by atoms with Gasteiger partial charge in [0.05, 0.1) is 6.54 Å². The lowest BCUT2D eigenvalue weighted by atomic mass is 10.1. The van der Waals surface area contributed by atoms with Crippen molar-refractivity contribution in [2.45, 2.75) is 38.3 Å². The Kier molecular flexibility index (Phi) is 4.36. The fourth-order valence-corrected chi connectivity index (χ4v) is 2.99. The molecule has 2 aromatic carbocycles. The molecule has 0 heterocycles. The zero-order valence-electron chi connectivity index (χ0n) is 12.2. The Morgan fingerprint density at radius 3 is 2.67 bits per heavy atom. The number of guanidine groups is 1. The number of nitrogens with zero attached hydrogens (tertiary/aromatic N) is 1. The summed E-state index contributed by atoms with van der Waals surface area (Å²) >= 11 is 0. The van der Waals surface area contributed by atoms with E-state index in [1.165, 1.54) is 42.0 Å². The van der Waals surface area contributed by atoms with E-state index in [-0.39, 0.29) is 0 Å². The maximum Gasteiger partial charge on any atom is 0.206 e. The van der Waals surface area contributed by atoms with Crippen molar-refractivity contribution in [3.63, 3.8) is 0 Å². The summed E-state index contributed by atoms with van der Waals surface area (Å²) in [6.45, 7) is 0.626. The maximum absolute atomic E-state index is 5.58. The third kappa shape index (κ3) is 3.34. The molecule has 2 aromatic rings. The highest BCUT2D eigenvalue weighted by atomic mass is 15.3. The van der Waals surface area contributed by atoms with Crippen LogP contribution in [0.3, 0.4) is 0 Å². The summed E-state index contributed by atoms with van der Waals surface area (Å²) in [5.74, 6) is 6.27. The summed E-state index contributed by atoms with van der Waals surface area (Å²) in [5.41, 5.74) is 3.90. The van der Waals surface area contributed by atoms with Gasteiger partial charge in [-0.15, -0.1) is 0 Å². The van der Waals surface area contributed by atoms with Crippen LogP contribution in [0, 0.1) is 0 Å². The van der Waals surface area contributed by atoms with E-state index in [0.29, 0.717) is 18.5 Å². The monoisotopic (exact) mass is 282 g/mol. The van der Waals surface area contributed by atoms with Crippen molar-refractivity contribution in [1.82, 2.24) is 10.7 Å². The number of benzene rings is 2. The summed E-state index contributed by atoms with van der Waals surface area (Å²) in [4.78, 5) is 4.60. The molecule has 0 spiro atoms. The smallest absolute Gasteiger partial charge is 0.206 e.